The summed E-state index contributed by atoms with van der Waals surface area (Å²) in [4.78, 5) is 21.8. The van der Waals surface area contributed by atoms with Crippen LogP contribution in [0.1, 0.15) is 27.2 Å². The van der Waals surface area contributed by atoms with Gasteiger partial charge >= 0.3 is 5.97 Å². The van der Waals surface area contributed by atoms with Gasteiger partial charge in [0, 0.05) is 6.61 Å². The molecule has 82 valence electrons. The Morgan fingerprint density at radius 1 is 1.43 bits per heavy atom. The molecule has 0 spiro atoms. The third-order valence-electron chi connectivity index (χ3n) is 1.76. The molecule has 0 aromatic rings. The molecule has 2 N–H and O–H groups in total. The minimum absolute atomic E-state index is 0.371. The van der Waals surface area contributed by atoms with Crippen LogP contribution < -0.4 is 5.32 Å². The Balaban J connectivity index is 4.09. The Hall–Kier alpha value is -1.10. The van der Waals surface area contributed by atoms with Crippen LogP contribution in [0.15, 0.2) is 0 Å². The SMILES string of the molecule is CCOC(CC)C(=O)NC(C)C(=O)O. The van der Waals surface area contributed by atoms with Crippen LogP contribution in [-0.2, 0) is 14.3 Å². The summed E-state index contributed by atoms with van der Waals surface area (Å²) < 4.78 is 5.13. The molecule has 0 aromatic heterocycles. The van der Waals surface area contributed by atoms with E-state index >= 15 is 0 Å². The van der Waals surface area contributed by atoms with Crippen LogP contribution >= 0.6 is 0 Å². The molecule has 2 unspecified atom stereocenters. The highest BCUT2D eigenvalue weighted by Gasteiger charge is 2.20. The third-order valence-corrected chi connectivity index (χ3v) is 1.76. The molecule has 0 aromatic carbocycles. The predicted octanol–water partition coefficient (Wildman–Crippen LogP) is 0.391. The number of amides is 1. The number of ether oxygens (including phenoxy) is 1. The second-order valence-electron chi connectivity index (χ2n) is 2.92. The maximum Gasteiger partial charge on any atom is 0.325 e. The van der Waals surface area contributed by atoms with E-state index in [-0.39, 0.29) is 5.91 Å². The molecular formula is C9H17NO4. The minimum Gasteiger partial charge on any atom is -0.480 e. The van der Waals surface area contributed by atoms with E-state index in [1.165, 1.54) is 6.92 Å². The fourth-order valence-corrected chi connectivity index (χ4v) is 0.948. The second kappa shape index (κ2) is 6.37. The van der Waals surface area contributed by atoms with Crippen LogP contribution in [0.3, 0.4) is 0 Å². The van der Waals surface area contributed by atoms with Crippen molar-refractivity contribution < 1.29 is 19.4 Å². The molecule has 0 aliphatic carbocycles. The molecule has 0 radical (unpaired) electrons. The first-order valence-electron chi connectivity index (χ1n) is 4.67. The van der Waals surface area contributed by atoms with Gasteiger partial charge in [-0.05, 0) is 20.3 Å². The Bertz CT molecular complexity index is 205. The smallest absolute Gasteiger partial charge is 0.325 e. The number of carbonyl (C=O) groups is 2. The van der Waals surface area contributed by atoms with E-state index in [1.54, 1.807) is 6.92 Å². The lowest BCUT2D eigenvalue weighted by Gasteiger charge is -2.16. The number of rotatable bonds is 6. The Kier molecular flexibility index (Phi) is 5.87. The first-order chi connectivity index (χ1) is 6.52. The molecule has 0 fully saturated rings. The van der Waals surface area contributed by atoms with E-state index in [2.05, 4.69) is 5.32 Å². The standard InChI is InChI=1S/C9H17NO4/c1-4-7(14-5-2)8(11)10-6(3)9(12)13/h6-7H,4-5H2,1-3H3,(H,10,11)(H,12,13). The van der Waals surface area contributed by atoms with E-state index in [9.17, 15) is 9.59 Å². The maximum atomic E-state index is 11.4. The zero-order chi connectivity index (χ0) is 11.1. The lowest BCUT2D eigenvalue weighted by molar-refractivity contribution is -0.143. The summed E-state index contributed by atoms with van der Waals surface area (Å²) in [6.45, 7) is 5.45. The van der Waals surface area contributed by atoms with E-state index < -0.39 is 18.1 Å². The Labute approximate surface area is 83.4 Å². The molecule has 5 heteroatoms. The van der Waals surface area contributed by atoms with Crippen LogP contribution in [0.25, 0.3) is 0 Å². The van der Waals surface area contributed by atoms with Gasteiger partial charge in [-0.25, -0.2) is 0 Å². The average molecular weight is 203 g/mol. The average Bonchev–Trinajstić information content (AvgIpc) is 2.13. The van der Waals surface area contributed by atoms with Gasteiger partial charge in [-0.3, -0.25) is 9.59 Å². The molecule has 0 heterocycles. The molecule has 2 atom stereocenters. The van der Waals surface area contributed by atoms with E-state index in [0.29, 0.717) is 13.0 Å². The van der Waals surface area contributed by atoms with Gasteiger partial charge in [-0.1, -0.05) is 6.92 Å². The minimum atomic E-state index is -1.05. The van der Waals surface area contributed by atoms with Gasteiger partial charge in [-0.15, -0.1) is 0 Å². The third kappa shape index (κ3) is 4.23. The largest absolute Gasteiger partial charge is 0.480 e. The van der Waals surface area contributed by atoms with Gasteiger partial charge in [0.05, 0.1) is 0 Å². The second-order valence-corrected chi connectivity index (χ2v) is 2.92. The molecule has 1 amide bonds. The van der Waals surface area contributed by atoms with Gasteiger partial charge in [0.15, 0.2) is 0 Å². The molecule has 0 bridgehead atoms. The predicted molar refractivity (Wildman–Crippen MR) is 50.9 cm³/mol. The van der Waals surface area contributed by atoms with Crippen molar-refractivity contribution in [1.29, 1.82) is 0 Å². The van der Waals surface area contributed by atoms with Crippen molar-refractivity contribution in [3.63, 3.8) is 0 Å². The Morgan fingerprint density at radius 2 is 2.00 bits per heavy atom. The molecule has 0 saturated carbocycles. The zero-order valence-corrected chi connectivity index (χ0v) is 8.74. The van der Waals surface area contributed by atoms with Gasteiger partial charge < -0.3 is 15.2 Å². The first kappa shape index (κ1) is 12.9. The normalized spacial score (nSPS) is 14.5. The van der Waals surface area contributed by atoms with Gasteiger partial charge in [0.2, 0.25) is 5.91 Å². The first-order valence-corrected chi connectivity index (χ1v) is 4.67. The summed E-state index contributed by atoms with van der Waals surface area (Å²) in [5, 5.41) is 10.9. The molecule has 0 rings (SSSR count). The highest BCUT2D eigenvalue weighted by atomic mass is 16.5. The van der Waals surface area contributed by atoms with Crippen molar-refractivity contribution >= 4 is 11.9 Å². The van der Waals surface area contributed by atoms with E-state index in [4.69, 9.17) is 9.84 Å². The maximum absolute atomic E-state index is 11.4. The molecule has 0 aliphatic rings. The van der Waals surface area contributed by atoms with E-state index in [1.807, 2.05) is 6.92 Å². The number of carbonyl (C=O) groups excluding carboxylic acids is 1. The number of carboxylic acids is 1. The van der Waals surface area contributed by atoms with Crippen LogP contribution in [0.2, 0.25) is 0 Å². The van der Waals surface area contributed by atoms with Gasteiger partial charge in [0.25, 0.3) is 0 Å². The number of aliphatic carboxylic acids is 1. The fourth-order valence-electron chi connectivity index (χ4n) is 0.948. The van der Waals surface area contributed by atoms with E-state index in [0.717, 1.165) is 0 Å². The van der Waals surface area contributed by atoms with Crippen LogP contribution in [0, 0.1) is 0 Å². The zero-order valence-electron chi connectivity index (χ0n) is 8.74. The topological polar surface area (TPSA) is 75.6 Å². The van der Waals surface area contributed by atoms with Gasteiger partial charge in [0.1, 0.15) is 12.1 Å². The summed E-state index contributed by atoms with van der Waals surface area (Å²) in [7, 11) is 0. The van der Waals surface area contributed by atoms with Gasteiger partial charge in [-0.2, -0.15) is 0 Å². The molecule has 5 nitrogen and oxygen atoms in total. The number of hydrogen-bond acceptors (Lipinski definition) is 3. The number of hydrogen-bond donors (Lipinski definition) is 2. The summed E-state index contributed by atoms with van der Waals surface area (Å²) >= 11 is 0. The van der Waals surface area contributed by atoms with Crippen LogP contribution in [-0.4, -0.2) is 35.7 Å². The van der Waals surface area contributed by atoms with Crippen molar-refractivity contribution in [2.24, 2.45) is 0 Å². The summed E-state index contributed by atoms with van der Waals surface area (Å²) in [6, 6.07) is -0.878. The highest BCUT2D eigenvalue weighted by Crippen LogP contribution is 1.98. The summed E-state index contributed by atoms with van der Waals surface area (Å²) in [6.07, 6.45) is -0.0201. The quantitative estimate of drug-likeness (QED) is 0.654. The number of carboxylic acid groups (broad SMARTS) is 1. The fraction of sp³-hybridized carbons (Fsp3) is 0.778. The molecule has 0 saturated heterocycles. The van der Waals surface area contributed by atoms with Crippen molar-refractivity contribution in [3.8, 4) is 0 Å². The lowest BCUT2D eigenvalue weighted by Crippen LogP contribution is -2.44. The monoisotopic (exact) mass is 203 g/mol. The molecule has 0 aliphatic heterocycles. The van der Waals surface area contributed by atoms with Crippen molar-refractivity contribution in [1.82, 2.24) is 5.32 Å². The Morgan fingerprint density at radius 3 is 2.36 bits per heavy atom. The van der Waals surface area contributed by atoms with Crippen LogP contribution in [0.5, 0.6) is 0 Å². The lowest BCUT2D eigenvalue weighted by atomic mass is 10.2. The molecular weight excluding hydrogens is 186 g/mol. The highest BCUT2D eigenvalue weighted by molar-refractivity contribution is 5.85. The number of nitrogens with one attached hydrogen (secondary N) is 1. The van der Waals surface area contributed by atoms with Crippen LogP contribution in [0.4, 0.5) is 0 Å². The molecule has 14 heavy (non-hydrogen) atoms. The van der Waals surface area contributed by atoms with Crippen molar-refractivity contribution in [3.05, 3.63) is 0 Å². The van der Waals surface area contributed by atoms with Crippen molar-refractivity contribution in [2.45, 2.75) is 39.3 Å². The van der Waals surface area contributed by atoms with Crippen molar-refractivity contribution in [2.75, 3.05) is 6.61 Å². The summed E-state index contributed by atoms with van der Waals surface area (Å²) in [5.41, 5.74) is 0. The summed E-state index contributed by atoms with van der Waals surface area (Å²) in [5.74, 6) is -1.42.